The van der Waals surface area contributed by atoms with Crippen LogP contribution in [0, 0.1) is 0 Å². The maximum absolute atomic E-state index is 4.08. The minimum absolute atomic E-state index is 0.392. The molecule has 1 aromatic rings. The molecule has 0 radical (unpaired) electrons. The third-order valence-corrected chi connectivity index (χ3v) is 3.60. The first-order chi connectivity index (χ1) is 7.71. The number of thioether (sulfide) groups is 1. The van der Waals surface area contributed by atoms with Gasteiger partial charge < -0.3 is 5.32 Å². The summed E-state index contributed by atoms with van der Waals surface area (Å²) >= 11 is 1.78. The van der Waals surface area contributed by atoms with Gasteiger partial charge in [0, 0.05) is 10.9 Å². The summed E-state index contributed by atoms with van der Waals surface area (Å²) in [5.41, 5.74) is 2.64. The smallest absolute Gasteiger partial charge is 0.0355 e. The van der Waals surface area contributed by atoms with E-state index >= 15 is 0 Å². The number of benzene rings is 1. The van der Waals surface area contributed by atoms with Crippen LogP contribution in [0.15, 0.2) is 41.3 Å². The molecule has 0 heterocycles. The van der Waals surface area contributed by atoms with Gasteiger partial charge in [-0.05, 0) is 43.8 Å². The van der Waals surface area contributed by atoms with Crippen molar-refractivity contribution in [3.05, 3.63) is 42.0 Å². The predicted molar refractivity (Wildman–Crippen MR) is 74.1 cm³/mol. The van der Waals surface area contributed by atoms with Crippen LogP contribution in [0.3, 0.4) is 0 Å². The average Bonchev–Trinajstić information content (AvgIpc) is 2.35. The molecule has 1 rings (SSSR count). The SMILES string of the molecule is C=C(CC)CC(NC)c1ccc(SC)cc1. The number of hydrogen-bond donors (Lipinski definition) is 1. The molecule has 2 heteroatoms. The molecule has 0 fully saturated rings. The monoisotopic (exact) mass is 235 g/mol. The summed E-state index contributed by atoms with van der Waals surface area (Å²) in [5, 5.41) is 3.35. The zero-order valence-electron chi connectivity index (χ0n) is 10.4. The molecule has 0 saturated carbocycles. The van der Waals surface area contributed by atoms with E-state index in [-0.39, 0.29) is 0 Å². The van der Waals surface area contributed by atoms with Gasteiger partial charge in [-0.15, -0.1) is 11.8 Å². The van der Waals surface area contributed by atoms with Crippen molar-refractivity contribution in [2.75, 3.05) is 13.3 Å². The van der Waals surface area contributed by atoms with Crippen LogP contribution >= 0.6 is 11.8 Å². The Morgan fingerprint density at radius 3 is 2.44 bits per heavy atom. The molecule has 1 atom stereocenters. The van der Waals surface area contributed by atoms with E-state index in [4.69, 9.17) is 0 Å². The van der Waals surface area contributed by atoms with E-state index in [1.165, 1.54) is 16.0 Å². The van der Waals surface area contributed by atoms with Crippen LogP contribution in [0.1, 0.15) is 31.4 Å². The molecule has 0 aliphatic carbocycles. The second kappa shape index (κ2) is 6.77. The van der Waals surface area contributed by atoms with E-state index in [1.807, 2.05) is 7.05 Å². The van der Waals surface area contributed by atoms with Crippen LogP contribution in [0.2, 0.25) is 0 Å². The summed E-state index contributed by atoms with van der Waals surface area (Å²) in [4.78, 5) is 1.31. The molecule has 0 spiro atoms. The number of rotatable bonds is 6. The molecule has 1 N–H and O–H groups in total. The molecule has 0 aliphatic heterocycles. The van der Waals surface area contributed by atoms with E-state index in [1.54, 1.807) is 11.8 Å². The Labute approximate surface area is 103 Å². The lowest BCUT2D eigenvalue weighted by atomic mass is 9.99. The van der Waals surface area contributed by atoms with Gasteiger partial charge in [-0.1, -0.05) is 31.2 Å². The van der Waals surface area contributed by atoms with Gasteiger partial charge in [-0.2, -0.15) is 0 Å². The molecule has 0 saturated heterocycles. The highest BCUT2D eigenvalue weighted by molar-refractivity contribution is 7.98. The third kappa shape index (κ3) is 3.69. The summed E-state index contributed by atoms with van der Waals surface area (Å²) in [7, 11) is 2.01. The summed E-state index contributed by atoms with van der Waals surface area (Å²) in [6.45, 7) is 6.23. The molecule has 1 aromatic carbocycles. The van der Waals surface area contributed by atoms with Crippen molar-refractivity contribution in [2.24, 2.45) is 0 Å². The van der Waals surface area contributed by atoms with Crippen molar-refractivity contribution in [3.63, 3.8) is 0 Å². The Morgan fingerprint density at radius 2 is 2.00 bits per heavy atom. The van der Waals surface area contributed by atoms with E-state index in [0.29, 0.717) is 6.04 Å². The Hall–Kier alpha value is -0.730. The van der Waals surface area contributed by atoms with Gasteiger partial charge >= 0.3 is 0 Å². The van der Waals surface area contributed by atoms with Crippen LogP contribution in [-0.4, -0.2) is 13.3 Å². The molecule has 0 amide bonds. The van der Waals surface area contributed by atoms with Crippen LogP contribution < -0.4 is 5.32 Å². The molecule has 1 nitrogen and oxygen atoms in total. The Kier molecular flexibility index (Phi) is 5.64. The van der Waals surface area contributed by atoms with Gasteiger partial charge in [0.15, 0.2) is 0 Å². The fraction of sp³-hybridized carbons (Fsp3) is 0.429. The van der Waals surface area contributed by atoms with Crippen LogP contribution in [0.4, 0.5) is 0 Å². The highest BCUT2D eigenvalue weighted by Crippen LogP contribution is 2.23. The Bertz CT molecular complexity index is 329. The quantitative estimate of drug-likeness (QED) is 0.590. The lowest BCUT2D eigenvalue weighted by Gasteiger charge is -2.17. The summed E-state index contributed by atoms with van der Waals surface area (Å²) in [5.74, 6) is 0. The Balaban J connectivity index is 2.74. The van der Waals surface area contributed by atoms with Gasteiger partial charge in [-0.25, -0.2) is 0 Å². The van der Waals surface area contributed by atoms with Gasteiger partial charge in [0.05, 0.1) is 0 Å². The van der Waals surface area contributed by atoms with Crippen molar-refractivity contribution < 1.29 is 0 Å². The van der Waals surface area contributed by atoms with E-state index in [9.17, 15) is 0 Å². The lowest BCUT2D eigenvalue weighted by molar-refractivity contribution is 0.582. The van der Waals surface area contributed by atoms with E-state index in [0.717, 1.165) is 12.8 Å². The molecule has 88 valence electrons. The Morgan fingerprint density at radius 1 is 1.38 bits per heavy atom. The van der Waals surface area contributed by atoms with Crippen molar-refractivity contribution in [1.82, 2.24) is 5.32 Å². The standard InChI is InChI=1S/C14H21NS/c1-5-11(2)10-14(15-3)12-6-8-13(16-4)9-7-12/h6-9,14-15H,2,5,10H2,1,3-4H3. The maximum Gasteiger partial charge on any atom is 0.0355 e. The van der Waals surface area contributed by atoms with Crippen molar-refractivity contribution in [2.45, 2.75) is 30.7 Å². The molecule has 1 unspecified atom stereocenters. The average molecular weight is 235 g/mol. The molecular formula is C14H21NS. The van der Waals surface area contributed by atoms with Crippen molar-refractivity contribution in [3.8, 4) is 0 Å². The first-order valence-electron chi connectivity index (χ1n) is 5.69. The van der Waals surface area contributed by atoms with E-state index in [2.05, 4.69) is 49.3 Å². The first kappa shape index (κ1) is 13.3. The highest BCUT2D eigenvalue weighted by Gasteiger charge is 2.09. The molecular weight excluding hydrogens is 214 g/mol. The topological polar surface area (TPSA) is 12.0 Å². The minimum Gasteiger partial charge on any atom is -0.313 e. The zero-order valence-corrected chi connectivity index (χ0v) is 11.2. The van der Waals surface area contributed by atoms with Crippen LogP contribution in [0.25, 0.3) is 0 Å². The highest BCUT2D eigenvalue weighted by atomic mass is 32.2. The fourth-order valence-electron chi connectivity index (χ4n) is 1.66. The van der Waals surface area contributed by atoms with Gasteiger partial charge in [0.1, 0.15) is 0 Å². The summed E-state index contributed by atoms with van der Waals surface area (Å²) in [6, 6.07) is 9.16. The summed E-state index contributed by atoms with van der Waals surface area (Å²) < 4.78 is 0. The van der Waals surface area contributed by atoms with Crippen LogP contribution in [-0.2, 0) is 0 Å². The largest absolute Gasteiger partial charge is 0.313 e. The molecule has 0 bridgehead atoms. The number of hydrogen-bond acceptors (Lipinski definition) is 2. The minimum atomic E-state index is 0.392. The van der Waals surface area contributed by atoms with Crippen LogP contribution in [0.5, 0.6) is 0 Å². The van der Waals surface area contributed by atoms with Gasteiger partial charge in [0.2, 0.25) is 0 Å². The maximum atomic E-state index is 4.08. The van der Waals surface area contributed by atoms with Crippen molar-refractivity contribution >= 4 is 11.8 Å². The normalized spacial score (nSPS) is 12.4. The van der Waals surface area contributed by atoms with E-state index < -0.39 is 0 Å². The lowest BCUT2D eigenvalue weighted by Crippen LogP contribution is -2.16. The molecule has 16 heavy (non-hydrogen) atoms. The first-order valence-corrected chi connectivity index (χ1v) is 6.91. The number of nitrogens with one attached hydrogen (secondary N) is 1. The zero-order chi connectivity index (χ0) is 12.0. The van der Waals surface area contributed by atoms with Crippen molar-refractivity contribution in [1.29, 1.82) is 0 Å². The summed E-state index contributed by atoms with van der Waals surface area (Å²) in [6.07, 6.45) is 4.18. The molecule has 0 aliphatic rings. The van der Waals surface area contributed by atoms with Gasteiger partial charge in [0.25, 0.3) is 0 Å². The third-order valence-electron chi connectivity index (χ3n) is 2.86. The fourth-order valence-corrected chi connectivity index (χ4v) is 2.06. The van der Waals surface area contributed by atoms with Gasteiger partial charge in [-0.3, -0.25) is 0 Å². The predicted octanol–water partition coefficient (Wildman–Crippen LogP) is 4.03. The second-order valence-electron chi connectivity index (χ2n) is 3.92. The second-order valence-corrected chi connectivity index (χ2v) is 4.80. The molecule has 0 aromatic heterocycles.